The molecule has 188 valence electrons. The molecule has 2 amide bonds. The summed E-state index contributed by atoms with van der Waals surface area (Å²) in [6.45, 7) is -0.373. The maximum atomic E-state index is 13.8. The number of rotatable bonds is 7. The minimum absolute atomic E-state index is 0.0271. The number of fused-ring (bicyclic) bond motifs is 1. The minimum Gasteiger partial charge on any atom is -0.495 e. The Morgan fingerprint density at radius 3 is 2.31 bits per heavy atom. The lowest BCUT2D eigenvalue weighted by Gasteiger charge is -2.22. The second-order valence-corrected chi connectivity index (χ2v) is 10.1. The molecule has 1 atom stereocenters. The van der Waals surface area contributed by atoms with E-state index in [9.17, 15) is 18.0 Å². The fraction of sp³-hybridized carbons (Fsp3) is 0.231. The fourth-order valence-corrected chi connectivity index (χ4v) is 6.10. The molecule has 0 bridgehead atoms. The van der Waals surface area contributed by atoms with Crippen molar-refractivity contribution in [2.24, 2.45) is 0 Å². The molecule has 0 fully saturated rings. The van der Waals surface area contributed by atoms with Gasteiger partial charge in [-0.2, -0.15) is 0 Å². The van der Waals surface area contributed by atoms with Crippen molar-refractivity contribution in [2.75, 3.05) is 38.1 Å². The van der Waals surface area contributed by atoms with Crippen LogP contribution in [0.15, 0.2) is 71.6 Å². The summed E-state index contributed by atoms with van der Waals surface area (Å²) in [5.41, 5.74) is 0.980. The van der Waals surface area contributed by atoms with Crippen LogP contribution in [0.25, 0.3) is 0 Å². The third-order valence-electron chi connectivity index (χ3n) is 5.96. The monoisotopic (exact) mass is 510 g/mol. The molecule has 0 saturated carbocycles. The molecule has 1 N–H and O–H groups in total. The topological polar surface area (TPSA) is 111 Å². The van der Waals surface area contributed by atoms with Gasteiger partial charge in [0, 0.05) is 6.42 Å². The number of ether oxygens (including phenoxy) is 3. The molecule has 1 aliphatic heterocycles. The first-order chi connectivity index (χ1) is 17.3. The number of nitrogens with one attached hydrogen (secondary N) is 1. The van der Waals surface area contributed by atoms with E-state index in [0.717, 1.165) is 0 Å². The van der Waals surface area contributed by atoms with Crippen LogP contribution in [0.5, 0.6) is 17.2 Å². The maximum Gasteiger partial charge on any atom is 0.244 e. The Morgan fingerprint density at radius 2 is 1.58 bits per heavy atom. The van der Waals surface area contributed by atoms with Gasteiger partial charge in [0.2, 0.25) is 11.8 Å². The third kappa shape index (κ3) is 4.72. The highest BCUT2D eigenvalue weighted by atomic mass is 32.2. The number of anilines is 2. The lowest BCUT2D eigenvalue weighted by molar-refractivity contribution is -0.121. The number of benzene rings is 3. The first-order valence-electron chi connectivity index (χ1n) is 11.1. The van der Waals surface area contributed by atoms with E-state index in [1.54, 1.807) is 54.6 Å². The average molecular weight is 511 g/mol. The molecule has 36 heavy (non-hydrogen) atoms. The van der Waals surface area contributed by atoms with Gasteiger partial charge in [0.05, 0.1) is 42.8 Å². The molecular weight excluding hydrogens is 484 g/mol. The molecule has 0 spiro atoms. The summed E-state index contributed by atoms with van der Waals surface area (Å²) in [6, 6.07) is 17.8. The SMILES string of the molecule is COc1ccccc1NC(=O)CN1C(=O)CC(c2ccc(OC)c(OC)c2)S(=O)(=O)c2ccccc21. The van der Waals surface area contributed by atoms with Crippen LogP contribution in [0.1, 0.15) is 17.2 Å². The van der Waals surface area contributed by atoms with Crippen LogP contribution in [0.4, 0.5) is 11.4 Å². The van der Waals surface area contributed by atoms with Crippen LogP contribution >= 0.6 is 0 Å². The van der Waals surface area contributed by atoms with Crippen LogP contribution in [-0.2, 0) is 19.4 Å². The van der Waals surface area contributed by atoms with Crippen molar-refractivity contribution in [1.82, 2.24) is 0 Å². The molecule has 10 heteroatoms. The highest BCUT2D eigenvalue weighted by molar-refractivity contribution is 7.92. The Hall–Kier alpha value is -4.05. The summed E-state index contributed by atoms with van der Waals surface area (Å²) < 4.78 is 43.4. The molecule has 0 radical (unpaired) electrons. The molecule has 4 rings (SSSR count). The first kappa shape index (κ1) is 25.1. The zero-order chi connectivity index (χ0) is 25.9. The largest absolute Gasteiger partial charge is 0.495 e. The lowest BCUT2D eigenvalue weighted by atomic mass is 10.1. The second kappa shape index (κ2) is 10.3. The van der Waals surface area contributed by atoms with Gasteiger partial charge in [-0.15, -0.1) is 0 Å². The molecule has 1 heterocycles. The van der Waals surface area contributed by atoms with Gasteiger partial charge in [0.25, 0.3) is 0 Å². The van der Waals surface area contributed by atoms with Crippen molar-refractivity contribution < 1.29 is 32.2 Å². The summed E-state index contributed by atoms with van der Waals surface area (Å²) in [4.78, 5) is 27.6. The van der Waals surface area contributed by atoms with Gasteiger partial charge >= 0.3 is 0 Å². The summed E-state index contributed by atoms with van der Waals surface area (Å²) in [6.07, 6.45) is -0.353. The Labute approximate surface area is 209 Å². The lowest BCUT2D eigenvalue weighted by Crippen LogP contribution is -2.38. The van der Waals surface area contributed by atoms with Crippen LogP contribution < -0.4 is 24.4 Å². The van der Waals surface area contributed by atoms with Gasteiger partial charge in [0.1, 0.15) is 12.3 Å². The van der Waals surface area contributed by atoms with E-state index in [2.05, 4.69) is 5.32 Å². The molecule has 0 saturated heterocycles. The van der Waals surface area contributed by atoms with E-state index in [4.69, 9.17) is 14.2 Å². The molecule has 0 aromatic heterocycles. The molecule has 0 aliphatic carbocycles. The maximum absolute atomic E-state index is 13.8. The normalized spacial score (nSPS) is 16.5. The molecule has 1 aliphatic rings. The number of hydrogen-bond acceptors (Lipinski definition) is 7. The number of sulfone groups is 1. The number of para-hydroxylation sites is 3. The number of carbonyl (C=O) groups is 2. The van der Waals surface area contributed by atoms with Crippen LogP contribution in [0.2, 0.25) is 0 Å². The van der Waals surface area contributed by atoms with E-state index < -0.39 is 26.9 Å². The molecule has 3 aromatic carbocycles. The van der Waals surface area contributed by atoms with Gasteiger partial charge in [-0.25, -0.2) is 8.42 Å². The van der Waals surface area contributed by atoms with Crippen molar-refractivity contribution in [3.05, 3.63) is 72.3 Å². The summed E-state index contributed by atoms with van der Waals surface area (Å²) >= 11 is 0. The predicted molar refractivity (Wildman–Crippen MR) is 135 cm³/mol. The summed E-state index contributed by atoms with van der Waals surface area (Å²) in [5.74, 6) is 0.254. The van der Waals surface area contributed by atoms with Gasteiger partial charge in [-0.1, -0.05) is 30.3 Å². The van der Waals surface area contributed by atoms with E-state index in [-0.39, 0.29) is 23.5 Å². The summed E-state index contributed by atoms with van der Waals surface area (Å²) in [7, 11) is 0.416. The quantitative estimate of drug-likeness (QED) is 0.517. The smallest absolute Gasteiger partial charge is 0.244 e. The van der Waals surface area contributed by atoms with Gasteiger partial charge in [0.15, 0.2) is 21.3 Å². The Morgan fingerprint density at radius 1 is 0.917 bits per heavy atom. The van der Waals surface area contributed by atoms with Crippen molar-refractivity contribution in [1.29, 1.82) is 0 Å². The van der Waals surface area contributed by atoms with Crippen molar-refractivity contribution in [2.45, 2.75) is 16.6 Å². The standard InChI is InChI=1S/C26H26N2O7S/c1-33-20-10-6-4-8-18(20)27-25(29)16-28-19-9-5-7-11-23(19)36(31,32)24(15-26(28)30)17-12-13-21(34-2)22(14-17)35-3/h4-14,24H,15-16H2,1-3H3,(H,27,29). The van der Waals surface area contributed by atoms with Crippen LogP contribution in [0, 0.1) is 0 Å². The van der Waals surface area contributed by atoms with E-state index in [0.29, 0.717) is 28.5 Å². The van der Waals surface area contributed by atoms with Crippen LogP contribution in [-0.4, -0.2) is 48.1 Å². The van der Waals surface area contributed by atoms with Gasteiger partial charge in [-0.3, -0.25) is 9.59 Å². The van der Waals surface area contributed by atoms with Crippen molar-refractivity contribution >= 4 is 33.0 Å². The zero-order valence-electron chi connectivity index (χ0n) is 20.1. The Balaban J connectivity index is 1.71. The van der Waals surface area contributed by atoms with E-state index >= 15 is 0 Å². The first-order valence-corrected chi connectivity index (χ1v) is 12.6. The zero-order valence-corrected chi connectivity index (χ0v) is 20.9. The third-order valence-corrected chi connectivity index (χ3v) is 8.11. The average Bonchev–Trinajstić information content (AvgIpc) is 2.97. The number of amides is 2. The minimum atomic E-state index is -4.00. The van der Waals surface area contributed by atoms with Crippen molar-refractivity contribution in [3.8, 4) is 17.2 Å². The summed E-state index contributed by atoms with van der Waals surface area (Å²) in [5, 5.41) is 1.56. The van der Waals surface area contributed by atoms with E-state index in [1.165, 1.54) is 38.4 Å². The number of methoxy groups -OCH3 is 3. The number of carbonyl (C=O) groups excluding carboxylic acids is 2. The Kier molecular flexibility index (Phi) is 7.16. The number of hydrogen-bond donors (Lipinski definition) is 1. The van der Waals surface area contributed by atoms with Crippen LogP contribution in [0.3, 0.4) is 0 Å². The predicted octanol–water partition coefficient (Wildman–Crippen LogP) is 3.60. The molecule has 9 nitrogen and oxygen atoms in total. The van der Waals surface area contributed by atoms with Gasteiger partial charge < -0.3 is 24.4 Å². The fourth-order valence-electron chi connectivity index (χ4n) is 4.19. The molecule has 3 aromatic rings. The Bertz CT molecular complexity index is 1400. The second-order valence-electron chi connectivity index (χ2n) is 8.05. The molecule has 1 unspecified atom stereocenters. The number of nitrogens with zero attached hydrogens (tertiary/aromatic N) is 1. The van der Waals surface area contributed by atoms with Crippen molar-refractivity contribution in [3.63, 3.8) is 0 Å². The molecular formula is C26H26N2O7S. The van der Waals surface area contributed by atoms with Gasteiger partial charge in [-0.05, 0) is 42.0 Å². The van der Waals surface area contributed by atoms with E-state index in [1.807, 2.05) is 0 Å². The highest BCUT2D eigenvalue weighted by Gasteiger charge is 2.40. The highest BCUT2D eigenvalue weighted by Crippen LogP contribution is 2.42.